The fourth-order valence-corrected chi connectivity index (χ4v) is 4.01. The SMILES string of the molecule is Cc1ccc(C2CC(c3cccc(F)c3)=NN2C(=O)CN2CCCCC2)cc1. The molecule has 0 aromatic heterocycles. The zero-order valence-corrected chi connectivity index (χ0v) is 16.3. The van der Waals surface area contributed by atoms with Crippen LogP contribution in [-0.4, -0.2) is 41.2 Å². The van der Waals surface area contributed by atoms with E-state index in [0.29, 0.717) is 13.0 Å². The van der Waals surface area contributed by atoms with Crippen LogP contribution >= 0.6 is 0 Å². The molecule has 1 amide bonds. The van der Waals surface area contributed by atoms with Crippen molar-refractivity contribution in [3.63, 3.8) is 0 Å². The number of amides is 1. The van der Waals surface area contributed by atoms with E-state index in [0.717, 1.165) is 42.8 Å². The topological polar surface area (TPSA) is 35.9 Å². The summed E-state index contributed by atoms with van der Waals surface area (Å²) < 4.78 is 13.7. The number of benzene rings is 2. The van der Waals surface area contributed by atoms with Gasteiger partial charge in [-0.1, -0.05) is 48.4 Å². The first-order chi connectivity index (χ1) is 13.6. The van der Waals surface area contributed by atoms with Crippen LogP contribution in [0, 0.1) is 12.7 Å². The Hall–Kier alpha value is -2.53. The van der Waals surface area contributed by atoms with Gasteiger partial charge in [-0.25, -0.2) is 9.40 Å². The average Bonchev–Trinajstić information content (AvgIpc) is 3.15. The molecule has 2 heterocycles. The molecule has 2 aliphatic heterocycles. The molecule has 2 aromatic rings. The van der Waals surface area contributed by atoms with Crippen molar-refractivity contribution in [3.8, 4) is 0 Å². The second-order valence-corrected chi connectivity index (χ2v) is 7.76. The van der Waals surface area contributed by atoms with Gasteiger partial charge in [0.05, 0.1) is 18.3 Å². The van der Waals surface area contributed by atoms with Gasteiger partial charge in [0.1, 0.15) is 5.82 Å². The van der Waals surface area contributed by atoms with Gasteiger partial charge in [0.2, 0.25) is 0 Å². The second kappa shape index (κ2) is 8.23. The summed E-state index contributed by atoms with van der Waals surface area (Å²) in [7, 11) is 0. The maximum absolute atomic E-state index is 13.7. The molecule has 1 saturated heterocycles. The van der Waals surface area contributed by atoms with E-state index in [-0.39, 0.29) is 17.8 Å². The fraction of sp³-hybridized carbons (Fsp3) is 0.391. The first kappa shape index (κ1) is 18.8. The molecule has 2 aliphatic rings. The lowest BCUT2D eigenvalue weighted by atomic mass is 9.97. The number of aryl methyl sites for hydroxylation is 1. The van der Waals surface area contributed by atoms with Gasteiger partial charge in [0.15, 0.2) is 0 Å². The van der Waals surface area contributed by atoms with Gasteiger partial charge in [-0.2, -0.15) is 5.10 Å². The van der Waals surface area contributed by atoms with E-state index in [1.54, 1.807) is 11.1 Å². The van der Waals surface area contributed by atoms with Gasteiger partial charge in [0.25, 0.3) is 5.91 Å². The van der Waals surface area contributed by atoms with E-state index >= 15 is 0 Å². The third-order valence-electron chi connectivity index (χ3n) is 5.59. The van der Waals surface area contributed by atoms with Crippen molar-refractivity contribution in [2.45, 2.75) is 38.6 Å². The van der Waals surface area contributed by atoms with Crippen molar-refractivity contribution in [2.24, 2.45) is 5.10 Å². The first-order valence-electron chi connectivity index (χ1n) is 10.0. The zero-order chi connectivity index (χ0) is 19.5. The lowest BCUT2D eigenvalue weighted by Crippen LogP contribution is -2.40. The van der Waals surface area contributed by atoms with Crippen LogP contribution in [0.4, 0.5) is 4.39 Å². The predicted octanol–water partition coefficient (Wildman–Crippen LogP) is 4.30. The number of hydrogen-bond acceptors (Lipinski definition) is 3. The number of carbonyl (C=O) groups excluding carboxylic acids is 1. The minimum absolute atomic E-state index is 0.0129. The van der Waals surface area contributed by atoms with E-state index in [9.17, 15) is 9.18 Å². The summed E-state index contributed by atoms with van der Waals surface area (Å²) in [6.07, 6.45) is 4.12. The molecule has 0 aliphatic carbocycles. The number of nitrogens with zero attached hydrogens (tertiary/aromatic N) is 3. The van der Waals surface area contributed by atoms with Crippen molar-refractivity contribution in [3.05, 3.63) is 71.0 Å². The van der Waals surface area contributed by atoms with Crippen LogP contribution in [0.1, 0.15) is 48.4 Å². The minimum atomic E-state index is -0.287. The Balaban J connectivity index is 1.60. The minimum Gasteiger partial charge on any atom is -0.294 e. The van der Waals surface area contributed by atoms with E-state index in [4.69, 9.17) is 0 Å². The van der Waals surface area contributed by atoms with E-state index < -0.39 is 0 Å². The Kier molecular flexibility index (Phi) is 5.53. The lowest BCUT2D eigenvalue weighted by molar-refractivity contribution is -0.134. The standard InChI is InChI=1S/C23H26FN3O/c1-17-8-10-18(11-9-17)22-15-21(19-6-5-7-20(24)14-19)25-27(22)23(28)16-26-12-3-2-4-13-26/h5-11,14,22H,2-4,12-13,15-16H2,1H3. The number of hydrazone groups is 1. The van der Waals surface area contributed by atoms with Crippen LogP contribution in [0.5, 0.6) is 0 Å². The summed E-state index contributed by atoms with van der Waals surface area (Å²) in [5.41, 5.74) is 3.74. The largest absolute Gasteiger partial charge is 0.294 e. The molecule has 1 atom stereocenters. The molecule has 0 bridgehead atoms. The van der Waals surface area contributed by atoms with Crippen LogP contribution in [0.3, 0.4) is 0 Å². The van der Waals surface area contributed by atoms with Crippen molar-refractivity contribution in [1.29, 1.82) is 0 Å². The van der Waals surface area contributed by atoms with Crippen LogP contribution in [0.2, 0.25) is 0 Å². The van der Waals surface area contributed by atoms with Gasteiger partial charge in [-0.3, -0.25) is 9.69 Å². The Morgan fingerprint density at radius 3 is 2.57 bits per heavy atom. The number of piperidine rings is 1. The third kappa shape index (κ3) is 4.14. The molecule has 0 radical (unpaired) electrons. The van der Waals surface area contributed by atoms with Crippen LogP contribution in [0.15, 0.2) is 53.6 Å². The molecular formula is C23H26FN3O. The summed E-state index contributed by atoms with van der Waals surface area (Å²) in [6, 6.07) is 14.6. The molecule has 2 aromatic carbocycles. The lowest BCUT2D eigenvalue weighted by Gasteiger charge is -2.29. The molecule has 146 valence electrons. The Morgan fingerprint density at radius 2 is 1.86 bits per heavy atom. The van der Waals surface area contributed by atoms with Crippen LogP contribution < -0.4 is 0 Å². The second-order valence-electron chi connectivity index (χ2n) is 7.76. The van der Waals surface area contributed by atoms with E-state index in [2.05, 4.69) is 34.3 Å². The number of hydrogen-bond donors (Lipinski definition) is 0. The van der Waals surface area contributed by atoms with Gasteiger partial charge >= 0.3 is 0 Å². The average molecular weight is 379 g/mol. The molecule has 0 saturated carbocycles. The van der Waals surface area contributed by atoms with Gasteiger partial charge in [-0.05, 0) is 50.6 Å². The van der Waals surface area contributed by atoms with Crippen molar-refractivity contribution in [1.82, 2.24) is 9.91 Å². The van der Waals surface area contributed by atoms with Gasteiger partial charge < -0.3 is 0 Å². The van der Waals surface area contributed by atoms with Crippen LogP contribution in [-0.2, 0) is 4.79 Å². The number of likely N-dealkylation sites (tertiary alicyclic amines) is 1. The van der Waals surface area contributed by atoms with Crippen molar-refractivity contribution < 1.29 is 9.18 Å². The predicted molar refractivity (Wildman–Crippen MR) is 109 cm³/mol. The number of carbonyl (C=O) groups is 1. The molecule has 4 rings (SSSR count). The Bertz CT molecular complexity index is 872. The Labute approximate surface area is 165 Å². The summed E-state index contributed by atoms with van der Waals surface area (Å²) in [5.74, 6) is -0.274. The summed E-state index contributed by atoms with van der Waals surface area (Å²) >= 11 is 0. The monoisotopic (exact) mass is 379 g/mol. The molecule has 0 spiro atoms. The summed E-state index contributed by atoms with van der Waals surface area (Å²) in [6.45, 7) is 4.37. The van der Waals surface area contributed by atoms with Gasteiger partial charge in [-0.15, -0.1) is 0 Å². The van der Waals surface area contributed by atoms with Crippen LogP contribution in [0.25, 0.3) is 0 Å². The quantitative estimate of drug-likeness (QED) is 0.794. The zero-order valence-electron chi connectivity index (χ0n) is 16.3. The fourth-order valence-electron chi connectivity index (χ4n) is 4.01. The highest BCUT2D eigenvalue weighted by molar-refractivity contribution is 6.03. The summed E-state index contributed by atoms with van der Waals surface area (Å²) in [4.78, 5) is 15.3. The normalized spacial score (nSPS) is 20.3. The molecule has 1 unspecified atom stereocenters. The maximum atomic E-state index is 13.7. The van der Waals surface area contributed by atoms with E-state index in [1.807, 2.05) is 13.0 Å². The third-order valence-corrected chi connectivity index (χ3v) is 5.59. The van der Waals surface area contributed by atoms with Crippen molar-refractivity contribution in [2.75, 3.05) is 19.6 Å². The number of halogens is 1. The molecular weight excluding hydrogens is 353 g/mol. The smallest absolute Gasteiger partial charge is 0.257 e. The highest BCUT2D eigenvalue weighted by atomic mass is 19.1. The highest BCUT2D eigenvalue weighted by Crippen LogP contribution is 2.33. The highest BCUT2D eigenvalue weighted by Gasteiger charge is 2.33. The van der Waals surface area contributed by atoms with Crippen molar-refractivity contribution >= 4 is 11.6 Å². The summed E-state index contributed by atoms with van der Waals surface area (Å²) in [5, 5.41) is 6.28. The number of rotatable bonds is 4. The van der Waals surface area contributed by atoms with Gasteiger partial charge in [0, 0.05) is 12.0 Å². The molecule has 28 heavy (non-hydrogen) atoms. The maximum Gasteiger partial charge on any atom is 0.257 e. The first-order valence-corrected chi connectivity index (χ1v) is 10.0. The molecule has 5 heteroatoms. The Morgan fingerprint density at radius 1 is 1.11 bits per heavy atom. The molecule has 1 fully saturated rings. The van der Waals surface area contributed by atoms with E-state index in [1.165, 1.54) is 24.1 Å². The molecule has 0 N–H and O–H groups in total. The molecule has 4 nitrogen and oxygen atoms in total.